The molecule has 2 N–H and O–H groups in total. The molecule has 0 fully saturated rings. The molecule has 2 aromatic carbocycles. The fourth-order valence-electron chi connectivity index (χ4n) is 3.13. The first-order valence-electron chi connectivity index (χ1n) is 9.59. The summed E-state index contributed by atoms with van der Waals surface area (Å²) in [6.07, 6.45) is -1.02. The van der Waals surface area contributed by atoms with Gasteiger partial charge in [-0.15, -0.1) is 0 Å². The normalized spacial score (nSPS) is 14.9. The second kappa shape index (κ2) is 8.98. The molecular formula is C20H19N3O9. The number of carbonyl (C=O) groups excluding carboxylic acids is 2. The SMILES string of the molecule is O=C(CN1C(=O)COc2ccc([N+](=O)[O-])cc21)NCC(O)COc1ccc2c(c1)OCO2. The summed E-state index contributed by atoms with van der Waals surface area (Å²) in [7, 11) is 0. The summed E-state index contributed by atoms with van der Waals surface area (Å²) in [5.74, 6) is 0.812. The summed E-state index contributed by atoms with van der Waals surface area (Å²) < 4.78 is 21.2. The number of aliphatic hydroxyl groups is 1. The van der Waals surface area contributed by atoms with E-state index in [0.29, 0.717) is 17.2 Å². The predicted octanol–water partition coefficient (Wildman–Crippen LogP) is 0.605. The number of nitrogens with zero attached hydrogens (tertiary/aromatic N) is 2. The highest BCUT2D eigenvalue weighted by atomic mass is 16.7. The van der Waals surface area contributed by atoms with Crippen molar-refractivity contribution in [2.75, 3.05) is 38.0 Å². The standard InChI is InChI=1S/C20H19N3O9/c24-13(9-29-14-2-4-17-18(6-14)32-11-31-17)7-21-19(25)8-22-15-5-12(23(27)28)1-3-16(15)30-10-20(22)26/h1-6,13,24H,7-11H2,(H,21,25). The van der Waals surface area contributed by atoms with Crippen molar-refractivity contribution in [3.05, 3.63) is 46.5 Å². The van der Waals surface area contributed by atoms with Crippen LogP contribution in [0.1, 0.15) is 0 Å². The van der Waals surface area contributed by atoms with E-state index in [1.54, 1.807) is 18.2 Å². The van der Waals surface area contributed by atoms with Crippen molar-refractivity contribution in [1.29, 1.82) is 0 Å². The number of amides is 2. The monoisotopic (exact) mass is 445 g/mol. The number of hydrogen-bond acceptors (Lipinski definition) is 9. The van der Waals surface area contributed by atoms with E-state index < -0.39 is 22.8 Å². The third-order valence-electron chi connectivity index (χ3n) is 4.72. The van der Waals surface area contributed by atoms with E-state index in [4.69, 9.17) is 18.9 Å². The van der Waals surface area contributed by atoms with Gasteiger partial charge in [0.1, 0.15) is 30.8 Å². The van der Waals surface area contributed by atoms with E-state index in [-0.39, 0.29) is 50.2 Å². The van der Waals surface area contributed by atoms with Crippen molar-refractivity contribution >= 4 is 23.2 Å². The molecule has 0 saturated carbocycles. The number of ether oxygens (including phenoxy) is 4. The summed E-state index contributed by atoms with van der Waals surface area (Å²) in [5.41, 5.74) is -0.0964. The van der Waals surface area contributed by atoms with Gasteiger partial charge in [-0.25, -0.2) is 0 Å². The number of non-ortho nitro benzene ring substituents is 1. The highest BCUT2D eigenvalue weighted by Crippen LogP contribution is 2.36. The molecule has 12 nitrogen and oxygen atoms in total. The van der Waals surface area contributed by atoms with Gasteiger partial charge in [0, 0.05) is 24.7 Å². The Balaban J connectivity index is 1.29. The van der Waals surface area contributed by atoms with Crippen molar-refractivity contribution < 1.29 is 38.6 Å². The quantitative estimate of drug-likeness (QED) is 0.440. The summed E-state index contributed by atoms with van der Waals surface area (Å²) in [6, 6.07) is 8.79. The van der Waals surface area contributed by atoms with Gasteiger partial charge in [0.05, 0.1) is 10.6 Å². The zero-order valence-electron chi connectivity index (χ0n) is 16.7. The molecule has 0 spiro atoms. The Morgan fingerprint density at radius 3 is 2.78 bits per heavy atom. The zero-order chi connectivity index (χ0) is 22.7. The van der Waals surface area contributed by atoms with Gasteiger partial charge in [0.15, 0.2) is 18.1 Å². The molecule has 0 saturated heterocycles. The molecule has 4 rings (SSSR count). The van der Waals surface area contributed by atoms with Crippen molar-refractivity contribution in [3.63, 3.8) is 0 Å². The highest BCUT2D eigenvalue weighted by molar-refractivity contribution is 6.02. The van der Waals surface area contributed by atoms with Crippen molar-refractivity contribution in [2.24, 2.45) is 0 Å². The molecule has 0 radical (unpaired) electrons. The van der Waals surface area contributed by atoms with Crippen LogP contribution in [0.25, 0.3) is 0 Å². The van der Waals surface area contributed by atoms with Crippen LogP contribution >= 0.6 is 0 Å². The molecule has 2 aliphatic heterocycles. The van der Waals surface area contributed by atoms with Gasteiger partial charge < -0.3 is 29.4 Å². The summed E-state index contributed by atoms with van der Waals surface area (Å²) in [5, 5.41) is 23.6. The summed E-state index contributed by atoms with van der Waals surface area (Å²) in [4.78, 5) is 36.1. The number of hydrogen-bond donors (Lipinski definition) is 2. The minimum absolute atomic E-state index is 0.0918. The van der Waals surface area contributed by atoms with Gasteiger partial charge >= 0.3 is 0 Å². The Hall–Kier alpha value is -4.06. The molecule has 1 unspecified atom stereocenters. The Morgan fingerprint density at radius 2 is 1.97 bits per heavy atom. The number of benzene rings is 2. The van der Waals surface area contributed by atoms with Gasteiger partial charge in [-0.2, -0.15) is 0 Å². The van der Waals surface area contributed by atoms with E-state index in [2.05, 4.69) is 5.32 Å². The Bertz CT molecular complexity index is 1060. The third-order valence-corrected chi connectivity index (χ3v) is 4.72. The van der Waals surface area contributed by atoms with Gasteiger partial charge in [-0.1, -0.05) is 0 Å². The Labute approximate surface area is 181 Å². The zero-order valence-corrected chi connectivity index (χ0v) is 16.7. The van der Waals surface area contributed by atoms with Crippen LogP contribution in [0.2, 0.25) is 0 Å². The van der Waals surface area contributed by atoms with Crippen LogP contribution in [-0.4, -0.2) is 61.0 Å². The van der Waals surface area contributed by atoms with E-state index in [0.717, 1.165) is 4.90 Å². The van der Waals surface area contributed by atoms with Crippen molar-refractivity contribution in [1.82, 2.24) is 5.32 Å². The van der Waals surface area contributed by atoms with Crippen LogP contribution in [0.3, 0.4) is 0 Å². The number of fused-ring (bicyclic) bond motifs is 2. The van der Waals surface area contributed by atoms with E-state index in [9.17, 15) is 24.8 Å². The summed E-state index contributed by atoms with van der Waals surface area (Å²) in [6.45, 7) is -0.748. The molecule has 32 heavy (non-hydrogen) atoms. The first kappa shape index (κ1) is 21.2. The van der Waals surface area contributed by atoms with Crippen LogP contribution in [0, 0.1) is 10.1 Å². The van der Waals surface area contributed by atoms with Gasteiger partial charge in [-0.05, 0) is 18.2 Å². The van der Waals surface area contributed by atoms with Gasteiger partial charge in [-0.3, -0.25) is 24.6 Å². The molecule has 0 aliphatic carbocycles. The maximum atomic E-state index is 12.3. The second-order valence-electron chi connectivity index (χ2n) is 6.96. The fourth-order valence-corrected chi connectivity index (χ4v) is 3.13. The molecule has 0 bridgehead atoms. The molecular weight excluding hydrogens is 426 g/mol. The largest absolute Gasteiger partial charge is 0.491 e. The van der Waals surface area contributed by atoms with Gasteiger partial charge in [0.25, 0.3) is 11.6 Å². The van der Waals surface area contributed by atoms with E-state index in [1.165, 1.54) is 18.2 Å². The topological polar surface area (TPSA) is 150 Å². The number of nitrogens with one attached hydrogen (secondary N) is 1. The van der Waals surface area contributed by atoms with Gasteiger partial charge in [0.2, 0.25) is 12.7 Å². The van der Waals surface area contributed by atoms with Crippen LogP contribution in [0.4, 0.5) is 11.4 Å². The van der Waals surface area contributed by atoms with Crippen molar-refractivity contribution in [2.45, 2.75) is 6.10 Å². The Kier molecular flexibility index (Phi) is 5.94. The smallest absolute Gasteiger partial charge is 0.271 e. The van der Waals surface area contributed by atoms with Crippen molar-refractivity contribution in [3.8, 4) is 23.0 Å². The molecule has 1 atom stereocenters. The molecule has 2 aliphatic rings. The second-order valence-corrected chi connectivity index (χ2v) is 6.96. The number of nitro groups is 1. The molecule has 12 heteroatoms. The number of aliphatic hydroxyl groups excluding tert-OH is 1. The predicted molar refractivity (Wildman–Crippen MR) is 108 cm³/mol. The minimum atomic E-state index is -1.02. The Morgan fingerprint density at radius 1 is 1.19 bits per heavy atom. The van der Waals surface area contributed by atoms with Crippen LogP contribution in [0.15, 0.2) is 36.4 Å². The summed E-state index contributed by atoms with van der Waals surface area (Å²) >= 11 is 0. The first-order valence-corrected chi connectivity index (χ1v) is 9.59. The average molecular weight is 445 g/mol. The van der Waals surface area contributed by atoms with Crippen LogP contribution in [0.5, 0.6) is 23.0 Å². The first-order chi connectivity index (χ1) is 15.4. The minimum Gasteiger partial charge on any atom is -0.491 e. The van der Waals surface area contributed by atoms with Crippen LogP contribution in [-0.2, 0) is 9.59 Å². The molecule has 168 valence electrons. The number of anilines is 1. The fraction of sp³-hybridized carbons (Fsp3) is 0.300. The maximum Gasteiger partial charge on any atom is 0.271 e. The average Bonchev–Trinajstić information content (AvgIpc) is 3.25. The third kappa shape index (κ3) is 4.64. The van der Waals surface area contributed by atoms with Crippen LogP contribution < -0.4 is 29.2 Å². The number of nitro benzene ring substituents is 1. The number of carbonyl (C=O) groups is 2. The molecule has 2 aromatic rings. The maximum absolute atomic E-state index is 12.3. The molecule has 2 heterocycles. The lowest BCUT2D eigenvalue weighted by Gasteiger charge is -2.28. The lowest BCUT2D eigenvalue weighted by Crippen LogP contribution is -2.46. The lowest BCUT2D eigenvalue weighted by molar-refractivity contribution is -0.384. The lowest BCUT2D eigenvalue weighted by atomic mass is 10.2. The van der Waals surface area contributed by atoms with E-state index in [1.807, 2.05) is 0 Å². The highest BCUT2D eigenvalue weighted by Gasteiger charge is 2.29. The van der Waals surface area contributed by atoms with E-state index >= 15 is 0 Å². The number of rotatable bonds is 8. The molecule has 0 aromatic heterocycles. The molecule has 2 amide bonds.